The molecule has 0 saturated heterocycles. The number of amides is 1. The molecule has 0 fully saturated rings. The predicted molar refractivity (Wildman–Crippen MR) is 95.8 cm³/mol. The van der Waals surface area contributed by atoms with Gasteiger partial charge in [-0.05, 0) is 46.3 Å². The minimum atomic E-state index is -0.200. The molecule has 3 aromatic rings. The zero-order chi connectivity index (χ0) is 16.5. The van der Waals surface area contributed by atoms with Crippen molar-refractivity contribution in [3.8, 4) is 22.8 Å². The minimum Gasteiger partial charge on any atom is -0.454 e. The molecular formula is C17H11BrN2O3S. The maximum absolute atomic E-state index is 12.3. The minimum absolute atomic E-state index is 0.200. The second kappa shape index (κ2) is 6.26. The van der Waals surface area contributed by atoms with Crippen molar-refractivity contribution in [2.45, 2.75) is 0 Å². The Morgan fingerprint density at radius 1 is 1.17 bits per heavy atom. The predicted octanol–water partition coefficient (Wildman–Crippen LogP) is 4.55. The number of benzene rings is 2. The highest BCUT2D eigenvalue weighted by atomic mass is 79.9. The van der Waals surface area contributed by atoms with Gasteiger partial charge in [0.15, 0.2) is 16.6 Å². The van der Waals surface area contributed by atoms with Crippen LogP contribution in [-0.2, 0) is 0 Å². The second-order valence-electron chi connectivity index (χ2n) is 5.04. The van der Waals surface area contributed by atoms with Crippen molar-refractivity contribution in [2.24, 2.45) is 0 Å². The fourth-order valence-corrected chi connectivity index (χ4v) is 3.51. The lowest BCUT2D eigenvalue weighted by atomic mass is 10.1. The molecule has 0 atom stereocenters. The third kappa shape index (κ3) is 2.88. The second-order valence-corrected chi connectivity index (χ2v) is 6.75. The molecule has 2 aromatic carbocycles. The number of fused-ring (bicyclic) bond motifs is 1. The van der Waals surface area contributed by atoms with Crippen LogP contribution in [0.2, 0.25) is 0 Å². The van der Waals surface area contributed by atoms with Gasteiger partial charge in [-0.1, -0.05) is 12.1 Å². The van der Waals surface area contributed by atoms with E-state index in [1.165, 1.54) is 11.3 Å². The van der Waals surface area contributed by atoms with Crippen LogP contribution in [0.1, 0.15) is 10.4 Å². The summed E-state index contributed by atoms with van der Waals surface area (Å²) in [6, 6.07) is 12.9. The fourth-order valence-electron chi connectivity index (χ4n) is 2.33. The lowest BCUT2D eigenvalue weighted by Crippen LogP contribution is -2.12. The molecule has 0 radical (unpaired) electrons. The number of thiazole rings is 1. The molecule has 0 unspecified atom stereocenters. The number of nitrogens with zero attached hydrogens (tertiary/aromatic N) is 1. The van der Waals surface area contributed by atoms with Crippen LogP contribution in [0.15, 0.2) is 52.3 Å². The number of carbonyl (C=O) groups is 1. The number of rotatable bonds is 3. The fraction of sp³-hybridized carbons (Fsp3) is 0.0588. The smallest absolute Gasteiger partial charge is 0.258 e. The number of aromatic nitrogens is 1. The molecule has 1 N–H and O–H groups in total. The third-order valence-electron chi connectivity index (χ3n) is 3.51. The molecule has 120 valence electrons. The Morgan fingerprint density at radius 3 is 2.88 bits per heavy atom. The molecule has 0 saturated carbocycles. The van der Waals surface area contributed by atoms with Gasteiger partial charge in [0.1, 0.15) is 0 Å². The first-order chi connectivity index (χ1) is 11.7. The Hall–Kier alpha value is -2.38. The average Bonchev–Trinajstić information content (AvgIpc) is 3.23. The van der Waals surface area contributed by atoms with Crippen molar-refractivity contribution in [3.63, 3.8) is 0 Å². The van der Waals surface area contributed by atoms with E-state index in [4.69, 9.17) is 9.47 Å². The SMILES string of the molecule is O=C(Nc1nc(-c2ccc3c(c2)OCO3)cs1)c1ccccc1Br. The summed E-state index contributed by atoms with van der Waals surface area (Å²) in [6.45, 7) is 0.239. The monoisotopic (exact) mass is 402 g/mol. The zero-order valence-corrected chi connectivity index (χ0v) is 14.7. The Bertz CT molecular complexity index is 926. The Balaban J connectivity index is 1.55. The third-order valence-corrected chi connectivity index (χ3v) is 4.96. The van der Waals surface area contributed by atoms with E-state index in [1.54, 1.807) is 6.07 Å². The summed E-state index contributed by atoms with van der Waals surface area (Å²) in [6.07, 6.45) is 0. The summed E-state index contributed by atoms with van der Waals surface area (Å²) in [5.74, 6) is 1.24. The van der Waals surface area contributed by atoms with E-state index in [0.717, 1.165) is 21.5 Å². The molecule has 4 rings (SSSR count). The zero-order valence-electron chi connectivity index (χ0n) is 12.3. The molecule has 1 aromatic heterocycles. The number of hydrogen-bond acceptors (Lipinski definition) is 5. The van der Waals surface area contributed by atoms with E-state index in [1.807, 2.05) is 41.8 Å². The van der Waals surface area contributed by atoms with Crippen molar-refractivity contribution in [2.75, 3.05) is 12.1 Å². The first-order valence-electron chi connectivity index (χ1n) is 7.12. The van der Waals surface area contributed by atoms with E-state index >= 15 is 0 Å². The van der Waals surface area contributed by atoms with Crippen LogP contribution >= 0.6 is 27.3 Å². The van der Waals surface area contributed by atoms with Gasteiger partial charge in [-0.15, -0.1) is 11.3 Å². The van der Waals surface area contributed by atoms with E-state index in [0.29, 0.717) is 16.4 Å². The van der Waals surface area contributed by atoms with Gasteiger partial charge in [0.25, 0.3) is 5.91 Å². The Kier molecular flexibility index (Phi) is 3.95. The maximum Gasteiger partial charge on any atom is 0.258 e. The molecule has 0 aliphatic carbocycles. The van der Waals surface area contributed by atoms with Gasteiger partial charge in [-0.3, -0.25) is 10.1 Å². The largest absolute Gasteiger partial charge is 0.454 e. The van der Waals surface area contributed by atoms with Crippen molar-refractivity contribution >= 4 is 38.3 Å². The van der Waals surface area contributed by atoms with Crippen LogP contribution in [0.4, 0.5) is 5.13 Å². The van der Waals surface area contributed by atoms with E-state index in [-0.39, 0.29) is 12.7 Å². The van der Waals surface area contributed by atoms with Crippen molar-refractivity contribution in [1.82, 2.24) is 4.98 Å². The first-order valence-corrected chi connectivity index (χ1v) is 8.79. The number of halogens is 1. The van der Waals surface area contributed by atoms with E-state index in [9.17, 15) is 4.79 Å². The standard InChI is InChI=1S/C17H11BrN2O3S/c18-12-4-2-1-3-11(12)16(21)20-17-19-13(8-24-17)10-5-6-14-15(7-10)23-9-22-14/h1-8H,9H2,(H,19,20,21). The molecule has 1 amide bonds. The van der Waals surface area contributed by atoms with Gasteiger partial charge in [0.05, 0.1) is 11.3 Å². The van der Waals surface area contributed by atoms with Crippen LogP contribution in [-0.4, -0.2) is 17.7 Å². The van der Waals surface area contributed by atoms with Crippen LogP contribution in [0, 0.1) is 0 Å². The Labute approximate surface area is 150 Å². The van der Waals surface area contributed by atoms with Gasteiger partial charge < -0.3 is 9.47 Å². The normalized spacial score (nSPS) is 12.2. The molecule has 1 aliphatic rings. The summed E-state index contributed by atoms with van der Waals surface area (Å²) in [4.78, 5) is 16.8. The molecule has 7 heteroatoms. The maximum atomic E-state index is 12.3. The molecular weight excluding hydrogens is 392 g/mol. The number of hydrogen-bond donors (Lipinski definition) is 1. The van der Waals surface area contributed by atoms with Gasteiger partial charge in [0.2, 0.25) is 6.79 Å². The number of carbonyl (C=O) groups excluding carboxylic acids is 1. The van der Waals surface area contributed by atoms with Crippen LogP contribution in [0.3, 0.4) is 0 Å². The van der Waals surface area contributed by atoms with Gasteiger partial charge in [-0.25, -0.2) is 4.98 Å². The molecule has 5 nitrogen and oxygen atoms in total. The van der Waals surface area contributed by atoms with E-state index < -0.39 is 0 Å². The summed E-state index contributed by atoms with van der Waals surface area (Å²) >= 11 is 4.75. The average molecular weight is 403 g/mol. The quantitative estimate of drug-likeness (QED) is 0.697. The number of nitrogens with one attached hydrogen (secondary N) is 1. The van der Waals surface area contributed by atoms with Gasteiger partial charge in [0, 0.05) is 15.4 Å². The lowest BCUT2D eigenvalue weighted by Gasteiger charge is -2.03. The molecule has 0 spiro atoms. The molecule has 1 aliphatic heterocycles. The molecule has 2 heterocycles. The molecule has 0 bridgehead atoms. The van der Waals surface area contributed by atoms with Crippen LogP contribution in [0.25, 0.3) is 11.3 Å². The highest BCUT2D eigenvalue weighted by molar-refractivity contribution is 9.10. The number of anilines is 1. The first kappa shape index (κ1) is 15.2. The molecule has 24 heavy (non-hydrogen) atoms. The summed E-state index contributed by atoms with van der Waals surface area (Å²) < 4.78 is 11.4. The van der Waals surface area contributed by atoms with Crippen LogP contribution in [0.5, 0.6) is 11.5 Å². The summed E-state index contributed by atoms with van der Waals surface area (Å²) in [7, 11) is 0. The summed E-state index contributed by atoms with van der Waals surface area (Å²) in [5.41, 5.74) is 2.26. The summed E-state index contributed by atoms with van der Waals surface area (Å²) in [5, 5.41) is 5.26. The highest BCUT2D eigenvalue weighted by Gasteiger charge is 2.16. The Morgan fingerprint density at radius 2 is 2.00 bits per heavy atom. The van der Waals surface area contributed by atoms with E-state index in [2.05, 4.69) is 26.2 Å². The van der Waals surface area contributed by atoms with Crippen LogP contribution < -0.4 is 14.8 Å². The van der Waals surface area contributed by atoms with Gasteiger partial charge in [-0.2, -0.15) is 0 Å². The van der Waals surface area contributed by atoms with Gasteiger partial charge >= 0.3 is 0 Å². The topological polar surface area (TPSA) is 60.5 Å². The lowest BCUT2D eigenvalue weighted by molar-refractivity contribution is 0.102. The van der Waals surface area contributed by atoms with Crippen molar-refractivity contribution < 1.29 is 14.3 Å². The van der Waals surface area contributed by atoms with Crippen molar-refractivity contribution in [3.05, 3.63) is 57.9 Å². The number of ether oxygens (including phenoxy) is 2. The van der Waals surface area contributed by atoms with Crippen molar-refractivity contribution in [1.29, 1.82) is 0 Å². The highest BCUT2D eigenvalue weighted by Crippen LogP contribution is 2.36.